The van der Waals surface area contributed by atoms with E-state index in [4.69, 9.17) is 4.74 Å². The highest BCUT2D eigenvalue weighted by Crippen LogP contribution is 2.22. The Bertz CT molecular complexity index is 1190. The van der Waals surface area contributed by atoms with Crippen LogP contribution in [0.4, 0.5) is 11.4 Å². The van der Waals surface area contributed by atoms with Gasteiger partial charge in [-0.1, -0.05) is 24.3 Å². The number of nitrogens with zero attached hydrogens (tertiary/aromatic N) is 2. The van der Waals surface area contributed by atoms with E-state index in [0.717, 1.165) is 5.75 Å². The minimum atomic E-state index is -0.458. The topological polar surface area (TPSA) is 85.3 Å². The molecule has 0 radical (unpaired) electrons. The second-order valence-corrected chi connectivity index (χ2v) is 7.13. The van der Waals surface area contributed by atoms with E-state index in [9.17, 15) is 9.59 Å². The van der Waals surface area contributed by atoms with Gasteiger partial charge >= 0.3 is 0 Å². The Hall–Kier alpha value is -4.39. The molecule has 4 rings (SSSR count). The summed E-state index contributed by atoms with van der Waals surface area (Å²) in [6.45, 7) is 1.76. The molecule has 1 unspecified atom stereocenters. The Morgan fingerprint density at radius 3 is 2.22 bits per heavy atom. The van der Waals surface area contributed by atoms with Crippen molar-refractivity contribution in [2.75, 3.05) is 10.6 Å². The number of anilines is 2. The summed E-state index contributed by atoms with van der Waals surface area (Å²) >= 11 is 0. The lowest BCUT2D eigenvalue weighted by atomic mass is 10.2. The van der Waals surface area contributed by atoms with Gasteiger partial charge in [-0.15, -0.1) is 0 Å². The molecule has 160 valence electrons. The number of para-hydroxylation sites is 1. The van der Waals surface area contributed by atoms with Gasteiger partial charge in [0.25, 0.3) is 5.91 Å². The Morgan fingerprint density at radius 1 is 0.844 bits per heavy atom. The molecular weight excluding hydrogens is 404 g/mol. The highest BCUT2D eigenvalue weighted by molar-refractivity contribution is 6.04. The van der Waals surface area contributed by atoms with Gasteiger partial charge in [-0.05, 0) is 67.6 Å². The first-order valence-corrected chi connectivity index (χ1v) is 10.1. The third-order valence-electron chi connectivity index (χ3n) is 4.78. The molecular formula is C25H22N4O3. The highest BCUT2D eigenvalue weighted by atomic mass is 16.5. The van der Waals surface area contributed by atoms with Crippen LogP contribution in [-0.4, -0.2) is 21.6 Å². The molecule has 32 heavy (non-hydrogen) atoms. The predicted molar refractivity (Wildman–Crippen MR) is 123 cm³/mol. The van der Waals surface area contributed by atoms with Gasteiger partial charge in [-0.3, -0.25) is 14.3 Å². The van der Waals surface area contributed by atoms with Crippen LogP contribution in [0, 0.1) is 0 Å². The van der Waals surface area contributed by atoms with Crippen LogP contribution in [0.1, 0.15) is 23.3 Å². The van der Waals surface area contributed by atoms with Gasteiger partial charge in [-0.25, -0.2) is 0 Å². The van der Waals surface area contributed by atoms with Crippen LogP contribution >= 0.6 is 0 Å². The van der Waals surface area contributed by atoms with E-state index in [1.54, 1.807) is 78.6 Å². The molecule has 0 saturated heterocycles. The molecule has 2 N–H and O–H groups in total. The SMILES string of the molecule is CC(C(=O)Nc1cccc(NC(=O)c2ccc(Oc3ccccc3)cc2)c1)n1cccn1. The number of carbonyl (C=O) groups excluding carboxylic acids is 2. The van der Waals surface area contributed by atoms with E-state index < -0.39 is 6.04 Å². The second-order valence-electron chi connectivity index (χ2n) is 7.13. The molecule has 0 fully saturated rings. The molecule has 7 nitrogen and oxygen atoms in total. The van der Waals surface area contributed by atoms with Crippen molar-refractivity contribution in [1.82, 2.24) is 9.78 Å². The van der Waals surface area contributed by atoms with Crippen molar-refractivity contribution in [2.45, 2.75) is 13.0 Å². The van der Waals surface area contributed by atoms with Gasteiger partial charge in [0, 0.05) is 29.3 Å². The van der Waals surface area contributed by atoms with Gasteiger partial charge < -0.3 is 15.4 Å². The maximum absolute atomic E-state index is 12.6. The first kappa shape index (κ1) is 20.9. The lowest BCUT2D eigenvalue weighted by Gasteiger charge is -2.13. The zero-order valence-electron chi connectivity index (χ0n) is 17.4. The van der Waals surface area contributed by atoms with E-state index in [-0.39, 0.29) is 11.8 Å². The van der Waals surface area contributed by atoms with E-state index in [0.29, 0.717) is 22.7 Å². The lowest BCUT2D eigenvalue weighted by molar-refractivity contribution is -0.119. The quantitative estimate of drug-likeness (QED) is 0.429. The average Bonchev–Trinajstić information content (AvgIpc) is 3.35. The van der Waals surface area contributed by atoms with Gasteiger partial charge in [0.1, 0.15) is 17.5 Å². The highest BCUT2D eigenvalue weighted by Gasteiger charge is 2.15. The zero-order valence-corrected chi connectivity index (χ0v) is 17.4. The van der Waals surface area contributed by atoms with Crippen LogP contribution in [0.25, 0.3) is 0 Å². The second kappa shape index (κ2) is 9.61. The summed E-state index contributed by atoms with van der Waals surface area (Å²) in [5, 5.41) is 9.78. The monoisotopic (exact) mass is 426 g/mol. The molecule has 0 spiro atoms. The van der Waals surface area contributed by atoms with Crippen molar-refractivity contribution in [3.8, 4) is 11.5 Å². The maximum Gasteiger partial charge on any atom is 0.255 e. The van der Waals surface area contributed by atoms with Crippen LogP contribution in [0.15, 0.2) is 97.3 Å². The summed E-state index contributed by atoms with van der Waals surface area (Å²) < 4.78 is 7.33. The van der Waals surface area contributed by atoms with E-state index in [1.807, 2.05) is 30.3 Å². The largest absolute Gasteiger partial charge is 0.457 e. The maximum atomic E-state index is 12.6. The minimum absolute atomic E-state index is 0.203. The van der Waals surface area contributed by atoms with Crippen molar-refractivity contribution in [1.29, 1.82) is 0 Å². The smallest absolute Gasteiger partial charge is 0.255 e. The summed E-state index contributed by atoms with van der Waals surface area (Å²) in [5.74, 6) is 0.907. The number of aromatic nitrogens is 2. The van der Waals surface area contributed by atoms with Crippen molar-refractivity contribution in [3.63, 3.8) is 0 Å². The molecule has 2 amide bonds. The Labute approximate surface area is 185 Å². The normalized spacial score (nSPS) is 11.4. The number of nitrogens with one attached hydrogen (secondary N) is 2. The molecule has 0 saturated carbocycles. The summed E-state index contributed by atoms with van der Waals surface area (Å²) in [4.78, 5) is 25.1. The molecule has 3 aromatic carbocycles. The van der Waals surface area contributed by atoms with Crippen molar-refractivity contribution < 1.29 is 14.3 Å². The zero-order chi connectivity index (χ0) is 22.3. The Morgan fingerprint density at radius 2 is 1.53 bits per heavy atom. The Kier molecular flexibility index (Phi) is 6.27. The van der Waals surface area contributed by atoms with E-state index in [1.165, 1.54) is 0 Å². The number of benzene rings is 3. The van der Waals surface area contributed by atoms with Crippen LogP contribution in [0.5, 0.6) is 11.5 Å². The third kappa shape index (κ3) is 5.20. The molecule has 7 heteroatoms. The molecule has 1 heterocycles. The first-order chi connectivity index (χ1) is 15.6. The van der Waals surface area contributed by atoms with Gasteiger partial charge in [-0.2, -0.15) is 5.10 Å². The fraction of sp³-hybridized carbons (Fsp3) is 0.0800. The first-order valence-electron chi connectivity index (χ1n) is 10.1. The number of rotatable bonds is 7. The van der Waals surface area contributed by atoms with Crippen LogP contribution < -0.4 is 15.4 Å². The molecule has 1 atom stereocenters. The fourth-order valence-corrected chi connectivity index (χ4v) is 3.05. The molecule has 1 aromatic heterocycles. The standard InChI is InChI=1S/C25H22N4O3/c1-18(29-16-6-15-26-29)24(30)27-20-7-5-8-21(17-20)28-25(31)19-11-13-23(14-12-19)32-22-9-3-2-4-10-22/h2-18H,1H3,(H,27,30)(H,28,31). The van der Waals surface area contributed by atoms with Gasteiger partial charge in [0.05, 0.1) is 0 Å². The molecule has 0 bridgehead atoms. The number of ether oxygens (including phenoxy) is 1. The molecule has 0 aliphatic carbocycles. The molecule has 4 aromatic rings. The predicted octanol–water partition coefficient (Wildman–Crippen LogP) is 5.13. The van der Waals surface area contributed by atoms with E-state index in [2.05, 4.69) is 15.7 Å². The van der Waals surface area contributed by atoms with Gasteiger partial charge in [0.15, 0.2) is 0 Å². The number of hydrogen-bond acceptors (Lipinski definition) is 4. The third-order valence-corrected chi connectivity index (χ3v) is 4.78. The van der Waals surface area contributed by atoms with Crippen molar-refractivity contribution in [2.24, 2.45) is 0 Å². The molecule has 0 aliphatic heterocycles. The van der Waals surface area contributed by atoms with Crippen LogP contribution in [-0.2, 0) is 4.79 Å². The number of hydrogen-bond donors (Lipinski definition) is 2. The number of amides is 2. The summed E-state index contributed by atoms with van der Waals surface area (Å²) in [5.41, 5.74) is 1.65. The Balaban J connectivity index is 1.37. The van der Waals surface area contributed by atoms with Gasteiger partial charge in [0.2, 0.25) is 5.91 Å². The van der Waals surface area contributed by atoms with Crippen LogP contribution in [0.2, 0.25) is 0 Å². The summed E-state index contributed by atoms with van der Waals surface area (Å²) in [6, 6.07) is 24.6. The van der Waals surface area contributed by atoms with E-state index >= 15 is 0 Å². The number of carbonyl (C=O) groups is 2. The summed E-state index contributed by atoms with van der Waals surface area (Å²) in [6.07, 6.45) is 3.36. The average molecular weight is 426 g/mol. The lowest BCUT2D eigenvalue weighted by Crippen LogP contribution is -2.24. The fourth-order valence-electron chi connectivity index (χ4n) is 3.05. The summed E-state index contributed by atoms with van der Waals surface area (Å²) in [7, 11) is 0. The molecule has 0 aliphatic rings. The minimum Gasteiger partial charge on any atom is -0.457 e. The van der Waals surface area contributed by atoms with Crippen molar-refractivity contribution >= 4 is 23.2 Å². The van der Waals surface area contributed by atoms with Crippen molar-refractivity contribution in [3.05, 3.63) is 103 Å². The van der Waals surface area contributed by atoms with Crippen LogP contribution in [0.3, 0.4) is 0 Å².